The standard InChI is InChI=1S/C18H21F3N2O6/c1-3-28-14(24)10-9-13(16(26)29-4-2)23-15(25)11-5-7-12(8-6-11)22-17(27)18(19,20)21/h5-8,13H,3-4,9-10H2,1-2H3,(H,22,27)(H,23,25). The van der Waals surface area contributed by atoms with Gasteiger partial charge in [-0.15, -0.1) is 0 Å². The fourth-order valence-corrected chi connectivity index (χ4v) is 2.14. The van der Waals surface area contributed by atoms with Gasteiger partial charge in [0.1, 0.15) is 6.04 Å². The molecule has 0 bridgehead atoms. The van der Waals surface area contributed by atoms with E-state index in [-0.39, 0.29) is 37.3 Å². The second-order valence-electron chi connectivity index (χ2n) is 5.65. The molecule has 0 radical (unpaired) electrons. The zero-order valence-corrected chi connectivity index (χ0v) is 15.8. The van der Waals surface area contributed by atoms with Gasteiger partial charge in [0.25, 0.3) is 5.91 Å². The first-order valence-corrected chi connectivity index (χ1v) is 8.69. The Morgan fingerprint density at radius 1 is 1.00 bits per heavy atom. The first kappa shape index (κ1) is 23.9. The third-order valence-corrected chi connectivity index (χ3v) is 3.48. The Morgan fingerprint density at radius 3 is 2.10 bits per heavy atom. The van der Waals surface area contributed by atoms with Crippen LogP contribution >= 0.6 is 0 Å². The summed E-state index contributed by atoms with van der Waals surface area (Å²) >= 11 is 0. The lowest BCUT2D eigenvalue weighted by Gasteiger charge is -2.17. The van der Waals surface area contributed by atoms with Crippen molar-refractivity contribution in [2.75, 3.05) is 18.5 Å². The largest absolute Gasteiger partial charge is 0.471 e. The van der Waals surface area contributed by atoms with Crippen molar-refractivity contribution in [2.24, 2.45) is 0 Å². The minimum atomic E-state index is -5.04. The average Bonchev–Trinajstić information content (AvgIpc) is 2.65. The number of amides is 2. The summed E-state index contributed by atoms with van der Waals surface area (Å²) in [7, 11) is 0. The highest BCUT2D eigenvalue weighted by Crippen LogP contribution is 2.18. The quantitative estimate of drug-likeness (QED) is 0.595. The van der Waals surface area contributed by atoms with Gasteiger partial charge in [-0.1, -0.05) is 0 Å². The molecule has 0 saturated heterocycles. The molecule has 0 spiro atoms. The van der Waals surface area contributed by atoms with Crippen molar-refractivity contribution < 1.29 is 41.8 Å². The molecule has 2 amide bonds. The van der Waals surface area contributed by atoms with Crippen LogP contribution in [0.25, 0.3) is 0 Å². The number of anilines is 1. The van der Waals surface area contributed by atoms with E-state index in [4.69, 9.17) is 9.47 Å². The molecule has 160 valence electrons. The second kappa shape index (κ2) is 11.0. The number of rotatable bonds is 9. The van der Waals surface area contributed by atoms with E-state index in [0.717, 1.165) is 12.1 Å². The van der Waals surface area contributed by atoms with Crippen molar-refractivity contribution >= 4 is 29.4 Å². The van der Waals surface area contributed by atoms with E-state index >= 15 is 0 Å². The number of ether oxygens (including phenoxy) is 2. The normalized spacial score (nSPS) is 11.9. The van der Waals surface area contributed by atoms with Crippen molar-refractivity contribution in [3.63, 3.8) is 0 Å². The maximum atomic E-state index is 12.3. The first-order chi connectivity index (χ1) is 13.6. The lowest BCUT2D eigenvalue weighted by molar-refractivity contribution is -0.167. The zero-order chi connectivity index (χ0) is 22.0. The van der Waals surface area contributed by atoms with Crippen LogP contribution in [0.15, 0.2) is 24.3 Å². The van der Waals surface area contributed by atoms with Gasteiger partial charge >= 0.3 is 24.0 Å². The monoisotopic (exact) mass is 418 g/mol. The second-order valence-corrected chi connectivity index (χ2v) is 5.65. The van der Waals surface area contributed by atoms with E-state index in [9.17, 15) is 32.3 Å². The molecule has 2 N–H and O–H groups in total. The number of benzene rings is 1. The van der Waals surface area contributed by atoms with Crippen molar-refractivity contribution in [2.45, 2.75) is 38.9 Å². The number of esters is 2. The van der Waals surface area contributed by atoms with Gasteiger partial charge in [0.2, 0.25) is 0 Å². The zero-order valence-electron chi connectivity index (χ0n) is 15.8. The molecule has 1 rings (SSSR count). The SMILES string of the molecule is CCOC(=O)CCC(NC(=O)c1ccc(NC(=O)C(F)(F)F)cc1)C(=O)OCC. The van der Waals surface area contributed by atoms with Gasteiger partial charge in [0, 0.05) is 17.7 Å². The molecule has 8 nitrogen and oxygen atoms in total. The Hall–Kier alpha value is -3.11. The minimum absolute atomic E-state index is 0.0282. The summed E-state index contributed by atoms with van der Waals surface area (Å²) in [6.07, 6.45) is -5.22. The predicted molar refractivity (Wildman–Crippen MR) is 94.9 cm³/mol. The fourth-order valence-electron chi connectivity index (χ4n) is 2.14. The first-order valence-electron chi connectivity index (χ1n) is 8.69. The highest BCUT2D eigenvalue weighted by atomic mass is 19.4. The molecule has 0 aliphatic carbocycles. The number of hydrogen-bond acceptors (Lipinski definition) is 6. The van der Waals surface area contributed by atoms with E-state index < -0.39 is 36.0 Å². The van der Waals surface area contributed by atoms with Gasteiger partial charge in [-0.2, -0.15) is 13.2 Å². The summed E-state index contributed by atoms with van der Waals surface area (Å²) in [5, 5.41) is 4.06. The number of hydrogen-bond donors (Lipinski definition) is 2. The van der Waals surface area contributed by atoms with Crippen molar-refractivity contribution in [3.05, 3.63) is 29.8 Å². The van der Waals surface area contributed by atoms with Gasteiger partial charge in [-0.05, 0) is 44.5 Å². The van der Waals surface area contributed by atoms with Crippen LogP contribution in [0, 0.1) is 0 Å². The van der Waals surface area contributed by atoms with E-state index in [1.54, 1.807) is 19.2 Å². The van der Waals surface area contributed by atoms with Gasteiger partial charge in [0.05, 0.1) is 13.2 Å². The molecular weight excluding hydrogens is 397 g/mol. The van der Waals surface area contributed by atoms with Crippen LogP contribution in [0.4, 0.5) is 18.9 Å². The highest BCUT2D eigenvalue weighted by molar-refractivity contribution is 5.98. The van der Waals surface area contributed by atoms with Crippen molar-refractivity contribution in [1.29, 1.82) is 0 Å². The fraction of sp³-hybridized carbons (Fsp3) is 0.444. The Labute approximate surface area is 164 Å². The number of alkyl halides is 3. The summed E-state index contributed by atoms with van der Waals surface area (Å²) in [5.74, 6) is -4.13. The van der Waals surface area contributed by atoms with Crippen LogP contribution < -0.4 is 10.6 Å². The molecule has 0 heterocycles. The van der Waals surface area contributed by atoms with E-state index in [1.165, 1.54) is 12.1 Å². The molecule has 0 aliphatic heterocycles. The van der Waals surface area contributed by atoms with Crippen LogP contribution in [0.2, 0.25) is 0 Å². The Morgan fingerprint density at radius 2 is 1.59 bits per heavy atom. The Balaban J connectivity index is 2.78. The molecule has 1 unspecified atom stereocenters. The van der Waals surface area contributed by atoms with Crippen molar-refractivity contribution in [1.82, 2.24) is 5.32 Å². The van der Waals surface area contributed by atoms with E-state index in [0.29, 0.717) is 0 Å². The van der Waals surface area contributed by atoms with Gasteiger partial charge in [-0.3, -0.25) is 14.4 Å². The molecular formula is C18H21F3N2O6. The molecule has 1 atom stereocenters. The van der Waals surface area contributed by atoms with Gasteiger partial charge in [0.15, 0.2) is 0 Å². The molecule has 0 saturated carbocycles. The Bertz CT molecular complexity index is 734. The van der Waals surface area contributed by atoms with Crippen molar-refractivity contribution in [3.8, 4) is 0 Å². The lowest BCUT2D eigenvalue weighted by atomic mass is 10.1. The summed E-state index contributed by atoms with van der Waals surface area (Å²) in [4.78, 5) is 46.7. The molecule has 0 fully saturated rings. The number of carbonyl (C=O) groups excluding carboxylic acids is 4. The number of halogens is 3. The maximum Gasteiger partial charge on any atom is 0.471 e. The van der Waals surface area contributed by atoms with Crippen LogP contribution in [0.3, 0.4) is 0 Å². The average molecular weight is 418 g/mol. The summed E-state index contributed by atoms with van der Waals surface area (Å²) in [5.41, 5.74) is -0.131. The van der Waals surface area contributed by atoms with Crippen LogP contribution in [0.1, 0.15) is 37.0 Å². The van der Waals surface area contributed by atoms with Crippen LogP contribution in [-0.4, -0.2) is 49.2 Å². The van der Waals surface area contributed by atoms with Gasteiger partial charge < -0.3 is 20.1 Å². The molecule has 11 heteroatoms. The van der Waals surface area contributed by atoms with E-state index in [1.807, 2.05) is 0 Å². The molecule has 0 aromatic heterocycles. The van der Waals surface area contributed by atoms with Crippen LogP contribution in [0.5, 0.6) is 0 Å². The third-order valence-electron chi connectivity index (χ3n) is 3.48. The lowest BCUT2D eigenvalue weighted by Crippen LogP contribution is -2.42. The minimum Gasteiger partial charge on any atom is -0.466 e. The highest BCUT2D eigenvalue weighted by Gasteiger charge is 2.38. The number of carbonyl (C=O) groups is 4. The third kappa shape index (κ3) is 8.20. The maximum absolute atomic E-state index is 12.3. The molecule has 1 aromatic carbocycles. The Kier molecular flexibility index (Phi) is 9.10. The molecule has 0 aliphatic rings. The van der Waals surface area contributed by atoms with E-state index in [2.05, 4.69) is 5.32 Å². The van der Waals surface area contributed by atoms with Gasteiger partial charge in [-0.25, -0.2) is 4.79 Å². The molecule has 29 heavy (non-hydrogen) atoms. The smallest absolute Gasteiger partial charge is 0.466 e. The number of nitrogens with one attached hydrogen (secondary N) is 2. The topological polar surface area (TPSA) is 111 Å². The summed E-state index contributed by atoms with van der Waals surface area (Å²) in [6.45, 7) is 3.45. The summed E-state index contributed by atoms with van der Waals surface area (Å²) < 4.78 is 46.4. The van der Waals surface area contributed by atoms with Crippen LogP contribution in [-0.2, 0) is 23.9 Å². The summed E-state index contributed by atoms with van der Waals surface area (Å²) in [6, 6.07) is 3.45. The predicted octanol–water partition coefficient (Wildman–Crippen LogP) is 2.19. The molecule has 1 aromatic rings.